The predicted molar refractivity (Wildman–Crippen MR) is 372 cm³/mol. The fourth-order valence-corrected chi connectivity index (χ4v) is 12.8. The molecule has 546 valence electrons. The van der Waals surface area contributed by atoms with E-state index in [9.17, 15) is 43.2 Å². The van der Waals surface area contributed by atoms with Crippen molar-refractivity contribution >= 4 is 39.5 Å². The standard InChI is InChI=1S/C73H142O17P2/c1-6-9-12-15-18-21-24-28-33-37-42-47-52-57-71(76)84-63-69(90-73(78)59-54-49-44-39-34-30-27-26-29-31-35-40-45-50-55-66(4)5)65-88-92(81,82)86-61-67(74)60-85-91(79,80)87-64-68(62-83-70(75)56-51-46-41-36-23-20-17-14-11-8-3)89-72(77)58-53-48-43-38-32-25-22-19-16-13-10-7-2/h66-69,74H,6-65H2,1-5H3,(H,79,80)(H,81,82)/t67-,68+,69+/m0/s1. The lowest BCUT2D eigenvalue weighted by Crippen LogP contribution is -2.30. The fourth-order valence-electron chi connectivity index (χ4n) is 11.2. The number of carbonyl (C=O) groups is 4. The van der Waals surface area contributed by atoms with E-state index in [0.29, 0.717) is 25.7 Å². The Bertz CT molecular complexity index is 1770. The van der Waals surface area contributed by atoms with Crippen molar-refractivity contribution in [1.82, 2.24) is 0 Å². The van der Waals surface area contributed by atoms with E-state index in [-0.39, 0.29) is 25.7 Å². The summed E-state index contributed by atoms with van der Waals surface area (Å²) in [4.78, 5) is 72.7. The zero-order valence-corrected chi connectivity index (χ0v) is 61.5. The minimum Gasteiger partial charge on any atom is -0.462 e. The number of carbonyl (C=O) groups excluding carboxylic acids is 4. The van der Waals surface area contributed by atoms with Crippen molar-refractivity contribution in [2.45, 2.75) is 400 Å². The van der Waals surface area contributed by atoms with Crippen LogP contribution in [0.25, 0.3) is 0 Å². The lowest BCUT2D eigenvalue weighted by Gasteiger charge is -2.21. The van der Waals surface area contributed by atoms with E-state index >= 15 is 0 Å². The molecule has 0 rings (SSSR count). The quantitative estimate of drug-likeness (QED) is 0.0222. The summed E-state index contributed by atoms with van der Waals surface area (Å²) in [5.41, 5.74) is 0. The van der Waals surface area contributed by atoms with Gasteiger partial charge in [-0.2, -0.15) is 0 Å². The van der Waals surface area contributed by atoms with E-state index in [0.717, 1.165) is 95.8 Å². The Morgan fingerprint density at radius 2 is 0.500 bits per heavy atom. The van der Waals surface area contributed by atoms with Crippen molar-refractivity contribution in [1.29, 1.82) is 0 Å². The van der Waals surface area contributed by atoms with Crippen molar-refractivity contribution in [2.75, 3.05) is 39.6 Å². The van der Waals surface area contributed by atoms with Gasteiger partial charge in [-0.3, -0.25) is 37.3 Å². The molecule has 0 radical (unpaired) electrons. The van der Waals surface area contributed by atoms with Crippen LogP contribution in [0.2, 0.25) is 0 Å². The highest BCUT2D eigenvalue weighted by atomic mass is 31.2. The molecule has 0 aromatic heterocycles. The van der Waals surface area contributed by atoms with Crippen LogP contribution in [0.1, 0.15) is 381 Å². The van der Waals surface area contributed by atoms with Crippen molar-refractivity contribution in [3.8, 4) is 0 Å². The average molecular weight is 1350 g/mol. The normalized spacial score (nSPS) is 14.0. The van der Waals surface area contributed by atoms with E-state index < -0.39 is 97.5 Å². The molecule has 0 aromatic rings. The molecule has 3 N–H and O–H groups in total. The van der Waals surface area contributed by atoms with Crippen LogP contribution in [0.5, 0.6) is 0 Å². The highest BCUT2D eigenvalue weighted by Gasteiger charge is 2.30. The molecule has 2 unspecified atom stereocenters. The monoisotopic (exact) mass is 1350 g/mol. The zero-order valence-electron chi connectivity index (χ0n) is 59.7. The second kappa shape index (κ2) is 66.3. The predicted octanol–water partition coefficient (Wildman–Crippen LogP) is 21.3. The Balaban J connectivity index is 5.24. The van der Waals surface area contributed by atoms with Crippen LogP contribution in [0.15, 0.2) is 0 Å². The summed E-state index contributed by atoms with van der Waals surface area (Å²) in [6.07, 6.45) is 53.9. The van der Waals surface area contributed by atoms with Crippen LogP contribution in [0.3, 0.4) is 0 Å². The van der Waals surface area contributed by atoms with Crippen LogP contribution in [0.4, 0.5) is 0 Å². The fraction of sp³-hybridized carbons (Fsp3) is 0.945. The van der Waals surface area contributed by atoms with Crippen LogP contribution in [-0.2, 0) is 65.4 Å². The molecule has 5 atom stereocenters. The second-order valence-electron chi connectivity index (χ2n) is 26.8. The number of esters is 4. The zero-order chi connectivity index (χ0) is 67.7. The number of unbranched alkanes of at least 4 members (excludes halogenated alkanes) is 45. The van der Waals surface area contributed by atoms with Gasteiger partial charge in [-0.1, -0.05) is 330 Å². The SMILES string of the molecule is CCCCCCCCCCCCCCCC(=O)OC[C@H](COP(=O)(O)OC[C@@H](O)COP(=O)(O)OC[C@@H](COC(=O)CCCCCCCCCCCC)OC(=O)CCCCCCCCCCCCCC)OC(=O)CCCCCCCCCCCCCCCCC(C)C. The third kappa shape index (κ3) is 66.7. The maximum absolute atomic E-state index is 13.1. The number of phosphoric ester groups is 2. The summed E-state index contributed by atoms with van der Waals surface area (Å²) < 4.78 is 68.4. The van der Waals surface area contributed by atoms with Gasteiger partial charge in [0.25, 0.3) is 0 Å². The first kappa shape index (κ1) is 90.1. The van der Waals surface area contributed by atoms with Crippen LogP contribution >= 0.6 is 15.6 Å². The molecule has 92 heavy (non-hydrogen) atoms. The summed E-state index contributed by atoms with van der Waals surface area (Å²) in [5.74, 6) is -1.32. The van der Waals surface area contributed by atoms with Crippen molar-refractivity contribution < 1.29 is 80.2 Å². The summed E-state index contributed by atoms with van der Waals surface area (Å²) in [6, 6.07) is 0. The van der Waals surface area contributed by atoms with Crippen LogP contribution in [0, 0.1) is 5.92 Å². The first-order valence-corrected chi connectivity index (χ1v) is 41.1. The molecule has 0 saturated carbocycles. The molecule has 0 fully saturated rings. The number of ether oxygens (including phenoxy) is 4. The van der Waals surface area contributed by atoms with E-state index in [1.807, 2.05) is 0 Å². The van der Waals surface area contributed by atoms with E-state index in [2.05, 4.69) is 34.6 Å². The number of phosphoric acid groups is 2. The average Bonchev–Trinajstić information content (AvgIpc) is 3.74. The van der Waals surface area contributed by atoms with Gasteiger partial charge in [-0.25, -0.2) is 9.13 Å². The Morgan fingerprint density at radius 3 is 0.739 bits per heavy atom. The number of hydrogen-bond donors (Lipinski definition) is 3. The molecular formula is C73H142O17P2. The van der Waals surface area contributed by atoms with Gasteiger partial charge in [-0.05, 0) is 31.6 Å². The lowest BCUT2D eigenvalue weighted by atomic mass is 10.0. The number of aliphatic hydroxyl groups excluding tert-OH is 1. The van der Waals surface area contributed by atoms with Gasteiger partial charge in [0.1, 0.15) is 19.3 Å². The summed E-state index contributed by atoms with van der Waals surface area (Å²) >= 11 is 0. The molecule has 0 amide bonds. The first-order valence-electron chi connectivity index (χ1n) is 38.1. The maximum atomic E-state index is 13.1. The first-order chi connectivity index (χ1) is 44.5. The number of hydrogen-bond acceptors (Lipinski definition) is 15. The highest BCUT2D eigenvalue weighted by molar-refractivity contribution is 7.47. The third-order valence-electron chi connectivity index (χ3n) is 17.0. The van der Waals surface area contributed by atoms with E-state index in [1.54, 1.807) is 0 Å². The van der Waals surface area contributed by atoms with Crippen LogP contribution < -0.4 is 0 Å². The summed E-state index contributed by atoms with van der Waals surface area (Å²) in [6.45, 7) is 7.29. The molecule has 0 aliphatic carbocycles. The maximum Gasteiger partial charge on any atom is 0.472 e. The van der Waals surface area contributed by atoms with E-state index in [4.69, 9.17) is 37.0 Å². The number of rotatable bonds is 73. The minimum atomic E-state index is -4.95. The molecule has 0 aromatic carbocycles. The number of aliphatic hydroxyl groups is 1. The van der Waals surface area contributed by atoms with Crippen LogP contribution in [-0.4, -0.2) is 96.7 Å². The topological polar surface area (TPSA) is 237 Å². The molecule has 0 saturated heterocycles. The Morgan fingerprint density at radius 1 is 0.293 bits per heavy atom. The summed E-state index contributed by atoms with van der Waals surface area (Å²) in [5, 5.41) is 10.6. The smallest absolute Gasteiger partial charge is 0.462 e. The molecule has 0 spiro atoms. The Hall–Kier alpha value is -1.94. The Kier molecular flexibility index (Phi) is 64.9. The summed E-state index contributed by atoms with van der Waals surface area (Å²) in [7, 11) is -9.90. The Labute approximate surface area is 562 Å². The van der Waals surface area contributed by atoms with Gasteiger partial charge in [0.2, 0.25) is 0 Å². The molecule has 0 aliphatic rings. The largest absolute Gasteiger partial charge is 0.472 e. The molecule has 0 aliphatic heterocycles. The van der Waals surface area contributed by atoms with Crippen molar-refractivity contribution in [3.05, 3.63) is 0 Å². The molecule has 17 nitrogen and oxygen atoms in total. The lowest BCUT2D eigenvalue weighted by molar-refractivity contribution is -0.161. The van der Waals surface area contributed by atoms with Gasteiger partial charge in [0, 0.05) is 25.7 Å². The van der Waals surface area contributed by atoms with Gasteiger partial charge in [0.15, 0.2) is 12.2 Å². The van der Waals surface area contributed by atoms with Crippen molar-refractivity contribution in [3.63, 3.8) is 0 Å². The van der Waals surface area contributed by atoms with Gasteiger partial charge >= 0.3 is 39.5 Å². The molecule has 19 heteroatoms. The molecule has 0 bridgehead atoms. The highest BCUT2D eigenvalue weighted by Crippen LogP contribution is 2.45. The van der Waals surface area contributed by atoms with E-state index in [1.165, 1.54) is 205 Å². The van der Waals surface area contributed by atoms with Gasteiger partial charge in [-0.15, -0.1) is 0 Å². The third-order valence-corrected chi connectivity index (χ3v) is 18.9. The van der Waals surface area contributed by atoms with Gasteiger partial charge < -0.3 is 33.8 Å². The molecule has 0 heterocycles. The minimum absolute atomic E-state index is 0.108. The molecular weight excluding hydrogens is 1210 g/mol. The van der Waals surface area contributed by atoms with Crippen molar-refractivity contribution in [2.24, 2.45) is 5.92 Å². The van der Waals surface area contributed by atoms with Gasteiger partial charge in [0.05, 0.1) is 26.4 Å². The second-order valence-corrected chi connectivity index (χ2v) is 29.7.